The number of aliphatic carboxylic acids is 1. The van der Waals surface area contributed by atoms with E-state index in [1.165, 1.54) is 0 Å². The van der Waals surface area contributed by atoms with Crippen molar-refractivity contribution in [3.8, 4) is 11.3 Å². The standard InChI is InChI=1S/C19H17N3O3/c23-17(24)11-10-16-18(13-6-2-1-3-7-13)21-19(25-16)22-12-20-14-8-4-5-9-15(14)22/h1-9,20H,10-12H2,(H,23,24). The second-order valence-electron chi connectivity index (χ2n) is 5.81. The van der Waals surface area contributed by atoms with Crippen LogP contribution in [0.5, 0.6) is 0 Å². The van der Waals surface area contributed by atoms with E-state index in [4.69, 9.17) is 9.52 Å². The summed E-state index contributed by atoms with van der Waals surface area (Å²) < 4.78 is 5.97. The molecule has 0 saturated heterocycles. The summed E-state index contributed by atoms with van der Waals surface area (Å²) in [7, 11) is 0. The molecule has 0 bridgehead atoms. The van der Waals surface area contributed by atoms with Crippen molar-refractivity contribution in [1.82, 2.24) is 4.98 Å². The maximum Gasteiger partial charge on any atom is 0.304 e. The van der Waals surface area contributed by atoms with Crippen molar-refractivity contribution in [2.75, 3.05) is 16.9 Å². The van der Waals surface area contributed by atoms with Crippen LogP contribution >= 0.6 is 0 Å². The van der Waals surface area contributed by atoms with Crippen molar-refractivity contribution in [3.05, 3.63) is 60.4 Å². The molecule has 6 heteroatoms. The largest absolute Gasteiger partial charge is 0.481 e. The van der Waals surface area contributed by atoms with E-state index in [-0.39, 0.29) is 6.42 Å². The lowest BCUT2D eigenvalue weighted by atomic mass is 10.1. The van der Waals surface area contributed by atoms with E-state index in [0.29, 0.717) is 30.6 Å². The van der Waals surface area contributed by atoms with Crippen LogP contribution in [0, 0.1) is 0 Å². The minimum Gasteiger partial charge on any atom is -0.481 e. The monoisotopic (exact) mass is 335 g/mol. The summed E-state index contributed by atoms with van der Waals surface area (Å²) in [5.74, 6) is -0.266. The maximum atomic E-state index is 11.0. The Labute approximate surface area is 144 Å². The molecule has 2 aromatic carbocycles. The minimum absolute atomic E-state index is 0.00328. The van der Waals surface area contributed by atoms with E-state index in [9.17, 15) is 4.79 Å². The number of para-hydroxylation sites is 2. The Kier molecular flexibility index (Phi) is 3.85. The first-order chi connectivity index (χ1) is 12.2. The van der Waals surface area contributed by atoms with Crippen LogP contribution in [0.25, 0.3) is 11.3 Å². The Hall–Kier alpha value is -3.28. The molecular weight excluding hydrogens is 318 g/mol. The molecule has 0 amide bonds. The lowest BCUT2D eigenvalue weighted by Gasteiger charge is -2.12. The number of carbonyl (C=O) groups is 1. The normalized spacial score (nSPS) is 12.7. The minimum atomic E-state index is -0.856. The summed E-state index contributed by atoms with van der Waals surface area (Å²) in [6, 6.07) is 18.1. The summed E-state index contributed by atoms with van der Waals surface area (Å²) in [4.78, 5) is 17.6. The fourth-order valence-electron chi connectivity index (χ4n) is 2.94. The number of nitrogens with one attached hydrogen (secondary N) is 1. The van der Waals surface area contributed by atoms with Gasteiger partial charge in [0.05, 0.1) is 24.5 Å². The molecule has 1 aromatic heterocycles. The first-order valence-electron chi connectivity index (χ1n) is 8.10. The highest BCUT2D eigenvalue weighted by molar-refractivity contribution is 5.79. The molecule has 25 heavy (non-hydrogen) atoms. The number of oxazole rings is 1. The van der Waals surface area contributed by atoms with Crippen LogP contribution < -0.4 is 10.2 Å². The Bertz CT molecular complexity index is 905. The lowest BCUT2D eigenvalue weighted by molar-refractivity contribution is -0.137. The van der Waals surface area contributed by atoms with E-state index in [2.05, 4.69) is 10.3 Å². The van der Waals surface area contributed by atoms with E-state index in [1.54, 1.807) is 0 Å². The Morgan fingerprint density at radius 2 is 1.92 bits per heavy atom. The molecule has 2 N–H and O–H groups in total. The third kappa shape index (κ3) is 2.94. The molecule has 4 rings (SSSR count). The number of hydrogen-bond donors (Lipinski definition) is 2. The van der Waals surface area contributed by atoms with Gasteiger partial charge in [-0.1, -0.05) is 42.5 Å². The van der Waals surface area contributed by atoms with E-state index >= 15 is 0 Å². The zero-order valence-electron chi connectivity index (χ0n) is 13.5. The molecule has 1 aliphatic heterocycles. The van der Waals surface area contributed by atoms with Gasteiger partial charge in [0.2, 0.25) is 0 Å². The van der Waals surface area contributed by atoms with Crippen molar-refractivity contribution in [1.29, 1.82) is 0 Å². The Morgan fingerprint density at radius 3 is 2.72 bits per heavy atom. The zero-order valence-corrected chi connectivity index (χ0v) is 13.5. The van der Waals surface area contributed by atoms with Crippen LogP contribution in [0.1, 0.15) is 12.2 Å². The molecule has 0 unspecified atom stereocenters. The van der Waals surface area contributed by atoms with Crippen molar-refractivity contribution in [2.45, 2.75) is 12.8 Å². The second-order valence-corrected chi connectivity index (χ2v) is 5.81. The molecule has 0 saturated carbocycles. The zero-order chi connectivity index (χ0) is 17.2. The van der Waals surface area contributed by atoms with Crippen LogP contribution in [-0.2, 0) is 11.2 Å². The number of benzene rings is 2. The number of aromatic nitrogens is 1. The molecule has 0 fully saturated rings. The third-order valence-corrected chi connectivity index (χ3v) is 4.15. The van der Waals surface area contributed by atoms with Crippen LogP contribution in [0.3, 0.4) is 0 Å². The highest BCUT2D eigenvalue weighted by atomic mass is 16.4. The van der Waals surface area contributed by atoms with Crippen molar-refractivity contribution in [3.63, 3.8) is 0 Å². The average molecular weight is 335 g/mol. The number of anilines is 3. The van der Waals surface area contributed by atoms with Gasteiger partial charge >= 0.3 is 12.0 Å². The molecule has 126 valence electrons. The third-order valence-electron chi connectivity index (χ3n) is 4.15. The van der Waals surface area contributed by atoms with Crippen molar-refractivity contribution >= 4 is 23.4 Å². The predicted molar refractivity (Wildman–Crippen MR) is 95.0 cm³/mol. The highest BCUT2D eigenvalue weighted by Gasteiger charge is 2.26. The van der Waals surface area contributed by atoms with Crippen molar-refractivity contribution in [2.24, 2.45) is 0 Å². The number of hydrogen-bond acceptors (Lipinski definition) is 5. The summed E-state index contributed by atoms with van der Waals surface area (Å²) in [5.41, 5.74) is 3.63. The smallest absolute Gasteiger partial charge is 0.304 e. The molecular formula is C19H17N3O3. The summed E-state index contributed by atoms with van der Waals surface area (Å²) in [6.45, 7) is 0.562. The van der Waals surface area contributed by atoms with Gasteiger partial charge in [-0.2, -0.15) is 4.98 Å². The van der Waals surface area contributed by atoms with Crippen molar-refractivity contribution < 1.29 is 14.3 Å². The first kappa shape index (κ1) is 15.3. The number of aryl methyl sites for hydroxylation is 1. The molecule has 2 heterocycles. The van der Waals surface area contributed by atoms with Crippen LogP contribution in [0.2, 0.25) is 0 Å². The van der Waals surface area contributed by atoms with Gasteiger partial charge in [0.15, 0.2) is 0 Å². The number of rotatable bonds is 5. The molecule has 6 nitrogen and oxygen atoms in total. The fourth-order valence-corrected chi connectivity index (χ4v) is 2.94. The Balaban J connectivity index is 1.73. The van der Waals surface area contributed by atoms with Gasteiger partial charge in [-0.25, -0.2) is 0 Å². The van der Waals surface area contributed by atoms with E-state index in [1.807, 2.05) is 59.5 Å². The van der Waals surface area contributed by atoms with Gasteiger partial charge < -0.3 is 14.8 Å². The number of nitrogens with zero attached hydrogens (tertiary/aromatic N) is 2. The van der Waals surface area contributed by atoms with Crippen LogP contribution in [0.4, 0.5) is 17.4 Å². The molecule has 0 spiro atoms. The van der Waals surface area contributed by atoms with Crippen LogP contribution in [0.15, 0.2) is 59.0 Å². The van der Waals surface area contributed by atoms with Gasteiger partial charge in [0, 0.05) is 12.0 Å². The topological polar surface area (TPSA) is 78.6 Å². The van der Waals surface area contributed by atoms with Gasteiger partial charge in [-0.3, -0.25) is 9.69 Å². The molecule has 0 aliphatic carbocycles. The Morgan fingerprint density at radius 1 is 1.16 bits per heavy atom. The molecule has 0 atom stereocenters. The average Bonchev–Trinajstić information content (AvgIpc) is 3.24. The van der Waals surface area contributed by atoms with E-state index in [0.717, 1.165) is 16.9 Å². The van der Waals surface area contributed by atoms with E-state index < -0.39 is 5.97 Å². The quantitative estimate of drug-likeness (QED) is 0.737. The molecule has 3 aromatic rings. The highest BCUT2D eigenvalue weighted by Crippen LogP contribution is 2.38. The number of fused-ring (bicyclic) bond motifs is 1. The second kappa shape index (κ2) is 6.32. The van der Waals surface area contributed by atoms with Gasteiger partial charge in [0.1, 0.15) is 11.5 Å². The summed E-state index contributed by atoms with van der Waals surface area (Å²) in [6.07, 6.45) is 0.304. The number of carboxylic acid groups (broad SMARTS) is 1. The van der Waals surface area contributed by atoms with Gasteiger partial charge in [0.25, 0.3) is 0 Å². The van der Waals surface area contributed by atoms with Crippen LogP contribution in [-0.4, -0.2) is 22.7 Å². The summed E-state index contributed by atoms with van der Waals surface area (Å²) >= 11 is 0. The predicted octanol–water partition coefficient (Wildman–Crippen LogP) is 3.88. The fraction of sp³-hybridized carbons (Fsp3) is 0.158. The SMILES string of the molecule is O=C(O)CCc1oc(N2CNc3ccccc32)nc1-c1ccccc1. The van der Waals surface area contributed by atoms with Gasteiger partial charge in [-0.05, 0) is 12.1 Å². The maximum absolute atomic E-state index is 11.0. The molecule has 0 radical (unpaired) electrons. The van der Waals surface area contributed by atoms with Gasteiger partial charge in [-0.15, -0.1) is 0 Å². The molecule has 1 aliphatic rings. The first-order valence-corrected chi connectivity index (χ1v) is 8.10. The lowest BCUT2D eigenvalue weighted by Crippen LogP contribution is -2.16. The summed E-state index contributed by atoms with van der Waals surface area (Å²) in [5, 5.41) is 12.3. The number of carboxylic acids is 1.